The molecule has 5 N–H and O–H groups in total. The van der Waals surface area contributed by atoms with Crippen LogP contribution in [0.1, 0.15) is 58.8 Å². The van der Waals surface area contributed by atoms with Gasteiger partial charge in [0.1, 0.15) is 5.69 Å². The van der Waals surface area contributed by atoms with Gasteiger partial charge in [0.05, 0.1) is 22.8 Å². The fourth-order valence-electron chi connectivity index (χ4n) is 7.02. The summed E-state index contributed by atoms with van der Waals surface area (Å²) in [6.07, 6.45) is 3.79. The highest BCUT2D eigenvalue weighted by molar-refractivity contribution is 5.93. The second kappa shape index (κ2) is 18.1. The normalized spacial score (nSPS) is 17.8. The summed E-state index contributed by atoms with van der Waals surface area (Å²) in [6.45, 7) is 6.02. The van der Waals surface area contributed by atoms with Crippen molar-refractivity contribution in [3.63, 3.8) is 0 Å². The fraction of sp³-hybridized carbons (Fsp3) is 0.261. The molecule has 0 spiro atoms. The highest BCUT2D eigenvalue weighted by Crippen LogP contribution is 2.27. The molecule has 0 saturated carbocycles. The molecule has 0 aliphatic carbocycles. The van der Waals surface area contributed by atoms with Crippen LogP contribution in [0.25, 0.3) is 45.6 Å². The zero-order chi connectivity index (χ0) is 45.8. The van der Waals surface area contributed by atoms with E-state index in [1.54, 1.807) is 96.5 Å². The number of benzene rings is 2. The fourth-order valence-corrected chi connectivity index (χ4v) is 7.02. The lowest BCUT2D eigenvalue weighted by Gasteiger charge is -2.13. The molecule has 2 aliphatic heterocycles. The number of hydrogen-bond donors (Lipinski definition) is 4. The van der Waals surface area contributed by atoms with Crippen molar-refractivity contribution in [1.29, 1.82) is 0 Å². The Morgan fingerprint density at radius 2 is 1.11 bits per heavy atom. The van der Waals surface area contributed by atoms with Crippen molar-refractivity contribution >= 4 is 23.7 Å². The first-order chi connectivity index (χ1) is 30.6. The number of aromatic nitrogens is 8. The number of aliphatic hydroxyl groups is 2. The van der Waals surface area contributed by atoms with E-state index in [2.05, 4.69) is 53.8 Å². The number of likely N-dealkylation sites (N-methyl/N-ethyl adjacent to an activating group) is 2. The SMILES string of the molecule is CCn1nccc1-c1cc(C(=O)O)nc(-c2cccc(C#C[C@]3(O)CCN(C)C3=O)c2)n1.CCn1nccc1-c1cc(C(N)=O)nc(-c2cccc(C#C[C@]3(O)CCN(C)C3=O)c2)n1. The van der Waals surface area contributed by atoms with Crippen LogP contribution in [0.4, 0.5) is 0 Å². The molecular weight excluding hydrogens is 819 g/mol. The molecule has 2 saturated heterocycles. The Morgan fingerprint density at radius 1 is 0.672 bits per heavy atom. The van der Waals surface area contributed by atoms with E-state index in [0.717, 1.165) is 5.69 Å². The molecule has 18 heteroatoms. The first-order valence-corrected chi connectivity index (χ1v) is 20.2. The Hall–Kier alpha value is -8.06. The lowest BCUT2D eigenvalue weighted by molar-refractivity contribution is -0.138. The van der Waals surface area contributed by atoms with Crippen molar-refractivity contribution in [1.82, 2.24) is 49.3 Å². The molecule has 2 atom stereocenters. The van der Waals surface area contributed by atoms with Crippen LogP contribution >= 0.6 is 0 Å². The van der Waals surface area contributed by atoms with E-state index in [1.807, 2.05) is 13.8 Å². The Morgan fingerprint density at radius 3 is 1.50 bits per heavy atom. The highest BCUT2D eigenvalue weighted by atomic mass is 16.4. The third kappa shape index (κ3) is 9.24. The van der Waals surface area contributed by atoms with Gasteiger partial charge < -0.3 is 30.9 Å². The standard InChI is InChI=1S/C23H22N6O3.C23H21N5O4/c1-3-29-19(8-11-25-29)17-14-18(20(24)30)27-21(26-17)16-6-4-5-15(13-16)7-9-23(32)10-12-28(2)22(23)31;1-3-28-19(8-11-24-28)17-14-18(21(29)30)26-20(25-17)16-6-4-5-15(13-16)7-9-23(32)10-12-27(2)22(23)31/h4-6,8,11,13-14,32H,3,10,12H2,1-2H3,(H2,24,30);4-6,8,11,13-14,32H,3,10,12H2,1-2H3,(H,29,30)/t2*23-/m00/s1. The number of likely N-dealkylation sites (tertiary alicyclic amines) is 2. The van der Waals surface area contributed by atoms with Crippen LogP contribution in [0.3, 0.4) is 0 Å². The molecule has 18 nitrogen and oxygen atoms in total. The van der Waals surface area contributed by atoms with E-state index in [0.29, 0.717) is 71.3 Å². The Labute approximate surface area is 367 Å². The smallest absolute Gasteiger partial charge is 0.354 e. The molecule has 324 valence electrons. The van der Waals surface area contributed by atoms with Gasteiger partial charge in [-0.15, -0.1) is 0 Å². The Kier molecular flexibility index (Phi) is 12.5. The molecule has 6 aromatic rings. The van der Waals surface area contributed by atoms with Crippen LogP contribution in [0.5, 0.6) is 0 Å². The van der Waals surface area contributed by atoms with Crippen molar-refractivity contribution in [2.24, 2.45) is 5.73 Å². The van der Waals surface area contributed by atoms with Crippen LogP contribution in [0, 0.1) is 23.7 Å². The van der Waals surface area contributed by atoms with Crippen molar-refractivity contribution in [2.75, 3.05) is 27.2 Å². The molecule has 6 heterocycles. The van der Waals surface area contributed by atoms with Gasteiger partial charge in [-0.1, -0.05) is 47.9 Å². The minimum atomic E-state index is -1.70. The van der Waals surface area contributed by atoms with Gasteiger partial charge in [-0.05, 0) is 62.4 Å². The van der Waals surface area contributed by atoms with Gasteiger partial charge in [0, 0.05) is 87.8 Å². The van der Waals surface area contributed by atoms with Crippen molar-refractivity contribution in [3.05, 3.63) is 108 Å². The van der Waals surface area contributed by atoms with Crippen molar-refractivity contribution in [3.8, 4) is 69.2 Å². The molecule has 8 rings (SSSR count). The number of nitrogens with zero attached hydrogens (tertiary/aromatic N) is 10. The lowest BCUT2D eigenvalue weighted by Crippen LogP contribution is -2.37. The number of carbonyl (C=O) groups excluding carboxylic acids is 3. The molecule has 64 heavy (non-hydrogen) atoms. The van der Waals surface area contributed by atoms with E-state index in [-0.39, 0.29) is 30.1 Å². The zero-order valence-electron chi connectivity index (χ0n) is 35.3. The van der Waals surface area contributed by atoms with E-state index < -0.39 is 34.9 Å². The number of rotatable bonds is 8. The average molecular weight is 862 g/mol. The summed E-state index contributed by atoms with van der Waals surface area (Å²) >= 11 is 0. The molecule has 0 unspecified atom stereocenters. The predicted molar refractivity (Wildman–Crippen MR) is 232 cm³/mol. The van der Waals surface area contributed by atoms with Crippen LogP contribution < -0.4 is 5.73 Å². The zero-order valence-corrected chi connectivity index (χ0v) is 35.3. The van der Waals surface area contributed by atoms with Gasteiger partial charge in [0.15, 0.2) is 17.3 Å². The van der Waals surface area contributed by atoms with Gasteiger partial charge in [-0.2, -0.15) is 10.2 Å². The second-order valence-electron chi connectivity index (χ2n) is 15.0. The summed E-state index contributed by atoms with van der Waals surface area (Å²) in [6, 6.07) is 20.5. The largest absolute Gasteiger partial charge is 0.477 e. The maximum atomic E-state index is 12.1. The Balaban J connectivity index is 0.000000191. The van der Waals surface area contributed by atoms with E-state index in [9.17, 15) is 34.5 Å². The van der Waals surface area contributed by atoms with Crippen LogP contribution in [-0.2, 0) is 22.7 Å². The van der Waals surface area contributed by atoms with Gasteiger partial charge in [0.25, 0.3) is 17.7 Å². The molecule has 2 fully saturated rings. The number of carbonyl (C=O) groups is 4. The number of primary amides is 1. The summed E-state index contributed by atoms with van der Waals surface area (Å²) in [5.41, 5.74) is 6.74. The number of carboxylic acid groups (broad SMARTS) is 1. The minimum Gasteiger partial charge on any atom is -0.477 e. The minimum absolute atomic E-state index is 0.0826. The summed E-state index contributed by atoms with van der Waals surface area (Å²) in [5.74, 6) is 8.98. The quantitative estimate of drug-likeness (QED) is 0.161. The van der Waals surface area contributed by atoms with E-state index >= 15 is 0 Å². The Bertz CT molecular complexity index is 2740. The molecule has 2 aliphatic rings. The molecule has 3 amide bonds. The first-order valence-electron chi connectivity index (χ1n) is 20.2. The monoisotopic (exact) mass is 861 g/mol. The number of nitrogens with two attached hydrogens (primary N) is 1. The number of amides is 3. The van der Waals surface area contributed by atoms with Gasteiger partial charge >= 0.3 is 5.97 Å². The highest BCUT2D eigenvalue weighted by Gasteiger charge is 2.43. The van der Waals surface area contributed by atoms with Crippen molar-refractivity contribution in [2.45, 2.75) is 51.0 Å². The summed E-state index contributed by atoms with van der Waals surface area (Å²) in [5, 5.41) is 39.0. The molecule has 2 aromatic carbocycles. The van der Waals surface area contributed by atoms with E-state index in [4.69, 9.17) is 5.73 Å². The average Bonchev–Trinajstić information content (AvgIpc) is 4.10. The van der Waals surface area contributed by atoms with Gasteiger partial charge in [0.2, 0.25) is 11.2 Å². The maximum absolute atomic E-state index is 12.1. The molecule has 0 bridgehead atoms. The third-order valence-electron chi connectivity index (χ3n) is 10.6. The topological polar surface area (TPSA) is 249 Å². The van der Waals surface area contributed by atoms with Gasteiger partial charge in [-0.25, -0.2) is 24.7 Å². The van der Waals surface area contributed by atoms with Crippen molar-refractivity contribution < 1.29 is 34.5 Å². The van der Waals surface area contributed by atoms with Crippen LogP contribution in [-0.4, -0.2) is 127 Å². The molecular formula is C46H43N11O7. The number of aryl methyl sites for hydroxylation is 2. The predicted octanol–water partition coefficient (Wildman–Crippen LogP) is 2.74. The first kappa shape index (κ1) is 44.0. The number of hydrogen-bond acceptors (Lipinski definition) is 12. The summed E-state index contributed by atoms with van der Waals surface area (Å²) in [4.78, 5) is 68.4. The molecule has 4 aromatic heterocycles. The van der Waals surface area contributed by atoms with Crippen LogP contribution in [0.2, 0.25) is 0 Å². The van der Waals surface area contributed by atoms with Crippen LogP contribution in [0.15, 0.2) is 85.2 Å². The van der Waals surface area contributed by atoms with E-state index in [1.165, 1.54) is 21.9 Å². The molecule has 0 radical (unpaired) electrons. The lowest BCUT2D eigenvalue weighted by atomic mass is 10.0. The summed E-state index contributed by atoms with van der Waals surface area (Å²) in [7, 11) is 3.26. The second-order valence-corrected chi connectivity index (χ2v) is 15.0. The maximum Gasteiger partial charge on any atom is 0.354 e. The number of aromatic carboxylic acids is 1. The van der Waals surface area contributed by atoms with Gasteiger partial charge in [-0.3, -0.25) is 23.7 Å². The summed E-state index contributed by atoms with van der Waals surface area (Å²) < 4.78 is 3.48. The number of carboxylic acids is 1. The third-order valence-corrected chi connectivity index (χ3v) is 10.6.